The van der Waals surface area contributed by atoms with Gasteiger partial charge in [0.05, 0.1) is 12.2 Å². The van der Waals surface area contributed by atoms with Crippen molar-refractivity contribution in [1.29, 1.82) is 0 Å². The highest BCUT2D eigenvalue weighted by Gasteiger charge is 1.93. The van der Waals surface area contributed by atoms with E-state index in [0.717, 1.165) is 12.8 Å². The average molecular weight is 359 g/mol. The highest BCUT2D eigenvalue weighted by molar-refractivity contribution is 5.64. The van der Waals surface area contributed by atoms with Crippen LogP contribution in [-0.4, -0.2) is 28.4 Å². The summed E-state index contributed by atoms with van der Waals surface area (Å²) in [5, 5.41) is 29.6. The summed E-state index contributed by atoms with van der Waals surface area (Å²) in [6, 6.07) is 0. The molecule has 0 aromatic heterocycles. The van der Waals surface area contributed by atoms with Crippen LogP contribution in [0, 0.1) is 0 Å². The third-order valence-electron chi connectivity index (χ3n) is 3.27. The largest absolute Gasteiger partial charge is 0.550 e. The fourth-order valence-electron chi connectivity index (χ4n) is 1.89. The normalized spacial score (nSPS) is 15.5. The van der Waals surface area contributed by atoms with E-state index in [4.69, 9.17) is 0 Å². The zero-order valence-corrected chi connectivity index (χ0v) is 15.5. The number of carbonyl (C=O) groups excluding carboxylic acids is 1. The van der Waals surface area contributed by atoms with Crippen LogP contribution in [0.5, 0.6) is 0 Å². The van der Waals surface area contributed by atoms with Gasteiger partial charge in [-0.15, -0.1) is 0 Å². The zero-order chi connectivity index (χ0) is 19.5. The minimum atomic E-state index is -1.06. The Kier molecular flexibility index (Phi) is 16.2. The Morgan fingerprint density at radius 3 is 1.88 bits per heavy atom. The number of carboxylic acid groups (broad SMARTS) is 1. The van der Waals surface area contributed by atoms with E-state index in [1.165, 1.54) is 0 Å². The lowest BCUT2D eigenvalue weighted by Crippen LogP contribution is -2.21. The first-order chi connectivity index (χ1) is 12.6. The van der Waals surface area contributed by atoms with Crippen molar-refractivity contribution in [2.75, 3.05) is 0 Å². The summed E-state index contributed by atoms with van der Waals surface area (Å²) in [5.74, 6) is -1.06. The Balaban J connectivity index is 3.85. The van der Waals surface area contributed by atoms with Crippen LogP contribution in [0.1, 0.15) is 45.4 Å². The van der Waals surface area contributed by atoms with Crippen molar-refractivity contribution in [1.82, 2.24) is 0 Å². The zero-order valence-electron chi connectivity index (χ0n) is 15.5. The molecule has 144 valence electrons. The van der Waals surface area contributed by atoms with Gasteiger partial charge in [0.2, 0.25) is 0 Å². The van der Waals surface area contributed by atoms with Gasteiger partial charge in [-0.1, -0.05) is 79.8 Å². The summed E-state index contributed by atoms with van der Waals surface area (Å²) in [5.41, 5.74) is 0. The first-order valence-electron chi connectivity index (χ1n) is 9.08. The van der Waals surface area contributed by atoms with Crippen LogP contribution in [0.2, 0.25) is 0 Å². The van der Waals surface area contributed by atoms with Gasteiger partial charge in [0.25, 0.3) is 0 Å². The number of hydrogen-bond donors (Lipinski definition) is 2. The summed E-state index contributed by atoms with van der Waals surface area (Å²) in [6.45, 7) is 2.06. The Hall–Kier alpha value is -2.17. The van der Waals surface area contributed by atoms with E-state index in [2.05, 4.69) is 6.92 Å². The second-order valence-corrected chi connectivity index (χ2v) is 5.73. The molecule has 0 spiro atoms. The van der Waals surface area contributed by atoms with E-state index < -0.39 is 18.2 Å². The van der Waals surface area contributed by atoms with Crippen LogP contribution < -0.4 is 5.11 Å². The Labute approximate surface area is 157 Å². The molecule has 0 saturated carbocycles. The van der Waals surface area contributed by atoms with E-state index in [9.17, 15) is 20.1 Å². The van der Waals surface area contributed by atoms with Gasteiger partial charge in [0, 0.05) is 5.97 Å². The predicted octanol–water partition coefficient (Wildman–Crippen LogP) is 3.16. The monoisotopic (exact) mass is 359 g/mol. The third-order valence-corrected chi connectivity index (χ3v) is 3.27. The lowest BCUT2D eigenvalue weighted by atomic mass is 10.2. The topological polar surface area (TPSA) is 80.6 Å². The number of carboxylic acids is 1. The van der Waals surface area contributed by atoms with Gasteiger partial charge in [-0.25, -0.2) is 0 Å². The molecule has 0 bridgehead atoms. The summed E-state index contributed by atoms with van der Waals surface area (Å²) < 4.78 is 0. The molecule has 0 heterocycles. The van der Waals surface area contributed by atoms with Crippen molar-refractivity contribution in [3.05, 3.63) is 72.9 Å². The van der Waals surface area contributed by atoms with Crippen LogP contribution in [0.3, 0.4) is 0 Å². The van der Waals surface area contributed by atoms with Crippen molar-refractivity contribution in [3.63, 3.8) is 0 Å². The minimum absolute atomic E-state index is 0.00272. The van der Waals surface area contributed by atoms with E-state index in [1.54, 1.807) is 30.4 Å². The second kappa shape index (κ2) is 17.6. The first-order valence-corrected chi connectivity index (χ1v) is 9.08. The van der Waals surface area contributed by atoms with E-state index in [-0.39, 0.29) is 6.42 Å². The number of aliphatic hydroxyl groups excluding tert-OH is 2. The number of hydrogen-bond acceptors (Lipinski definition) is 4. The SMILES string of the molecule is CC/C=C\C[C@H](O)/C=C/C=C\C/C=C\C=C\[C@@H](O)C/C=C\CCC(=O)[O-]. The molecule has 0 rings (SSSR count). The number of carbonyl (C=O) groups is 1. The second-order valence-electron chi connectivity index (χ2n) is 5.73. The molecule has 26 heavy (non-hydrogen) atoms. The molecule has 0 radical (unpaired) electrons. The van der Waals surface area contributed by atoms with Gasteiger partial charge < -0.3 is 20.1 Å². The molecular formula is C22H31O4-. The van der Waals surface area contributed by atoms with E-state index in [1.807, 2.05) is 42.5 Å². The Morgan fingerprint density at radius 2 is 1.38 bits per heavy atom. The maximum absolute atomic E-state index is 10.2. The van der Waals surface area contributed by atoms with Gasteiger partial charge >= 0.3 is 0 Å². The number of rotatable bonds is 14. The molecule has 0 fully saturated rings. The summed E-state index contributed by atoms with van der Waals surface area (Å²) in [7, 11) is 0. The van der Waals surface area contributed by atoms with Gasteiger partial charge in [0.15, 0.2) is 0 Å². The quantitative estimate of drug-likeness (QED) is 0.369. The fraction of sp³-hybridized carbons (Fsp3) is 0.409. The fourth-order valence-corrected chi connectivity index (χ4v) is 1.89. The minimum Gasteiger partial charge on any atom is -0.550 e. The molecule has 0 aromatic carbocycles. The number of aliphatic carboxylic acids is 1. The first kappa shape index (κ1) is 23.8. The molecule has 4 nitrogen and oxygen atoms in total. The highest BCUT2D eigenvalue weighted by Crippen LogP contribution is 1.99. The van der Waals surface area contributed by atoms with Crippen LogP contribution in [0.15, 0.2) is 72.9 Å². The molecule has 0 unspecified atom stereocenters. The van der Waals surface area contributed by atoms with Gasteiger partial charge in [-0.3, -0.25) is 0 Å². The molecular weight excluding hydrogens is 328 g/mol. The van der Waals surface area contributed by atoms with E-state index in [0.29, 0.717) is 19.3 Å². The van der Waals surface area contributed by atoms with Crippen molar-refractivity contribution < 1.29 is 20.1 Å². The molecule has 2 N–H and O–H groups in total. The lowest BCUT2D eigenvalue weighted by molar-refractivity contribution is -0.305. The molecule has 2 atom stereocenters. The Bertz CT molecular complexity index is 524. The van der Waals surface area contributed by atoms with Gasteiger partial charge in [-0.2, -0.15) is 0 Å². The number of allylic oxidation sites excluding steroid dienone is 8. The van der Waals surface area contributed by atoms with Crippen LogP contribution in [-0.2, 0) is 4.79 Å². The predicted molar refractivity (Wildman–Crippen MR) is 105 cm³/mol. The number of aliphatic hydroxyl groups is 2. The summed E-state index contributed by atoms with van der Waals surface area (Å²) in [6.07, 6.45) is 24.5. The van der Waals surface area contributed by atoms with E-state index >= 15 is 0 Å². The average Bonchev–Trinajstić information content (AvgIpc) is 2.60. The van der Waals surface area contributed by atoms with Crippen LogP contribution in [0.25, 0.3) is 0 Å². The van der Waals surface area contributed by atoms with Crippen molar-refractivity contribution in [3.8, 4) is 0 Å². The maximum atomic E-state index is 10.2. The summed E-state index contributed by atoms with van der Waals surface area (Å²) in [4.78, 5) is 10.2. The maximum Gasteiger partial charge on any atom is 0.0758 e. The lowest BCUT2D eigenvalue weighted by Gasteiger charge is -2.00. The van der Waals surface area contributed by atoms with Crippen molar-refractivity contribution in [2.24, 2.45) is 0 Å². The molecule has 0 amide bonds. The van der Waals surface area contributed by atoms with Gasteiger partial charge in [0.1, 0.15) is 0 Å². The standard InChI is InChI=1S/C22H32O4/c1-2-3-10-15-20(23)16-11-7-5-4-6-8-12-17-21(24)18-13-9-14-19-22(25)26/h3,5-13,16-17,20-21,23-24H,2,4,14-15,18-19H2,1H3,(H,25,26)/p-1/b7-5-,8-6-,10-3-,13-9-,16-11+,17-12+/t20-,21+/m0/s1. The molecule has 0 aliphatic rings. The molecule has 0 aliphatic carbocycles. The Morgan fingerprint density at radius 1 is 0.846 bits per heavy atom. The van der Waals surface area contributed by atoms with Crippen LogP contribution in [0.4, 0.5) is 0 Å². The summed E-state index contributed by atoms with van der Waals surface area (Å²) >= 11 is 0. The molecule has 4 heteroatoms. The smallest absolute Gasteiger partial charge is 0.0758 e. The molecule has 0 aromatic rings. The van der Waals surface area contributed by atoms with Crippen LogP contribution >= 0.6 is 0 Å². The van der Waals surface area contributed by atoms with Gasteiger partial charge in [-0.05, 0) is 38.5 Å². The molecule has 0 aliphatic heterocycles. The highest BCUT2D eigenvalue weighted by atomic mass is 16.4. The van der Waals surface area contributed by atoms with Crippen molar-refractivity contribution in [2.45, 2.75) is 57.7 Å². The van der Waals surface area contributed by atoms with Crippen molar-refractivity contribution >= 4 is 5.97 Å². The molecule has 0 saturated heterocycles. The third kappa shape index (κ3) is 18.2.